The van der Waals surface area contributed by atoms with E-state index in [9.17, 15) is 23.3 Å². The molecule has 2 heterocycles. The fourth-order valence-electron chi connectivity index (χ4n) is 3.89. The predicted molar refractivity (Wildman–Crippen MR) is 142 cm³/mol. The molecule has 0 aliphatic carbocycles. The van der Waals surface area contributed by atoms with Crippen LogP contribution in [0.2, 0.25) is 0 Å². The maximum absolute atomic E-state index is 12.9. The lowest BCUT2D eigenvalue weighted by Gasteiger charge is -2.12. The number of benzene rings is 2. The number of hydrogen-bond acceptors (Lipinski definition) is 7. The monoisotopic (exact) mass is 544 g/mol. The number of nitrogens with one attached hydrogen (secondary N) is 1. The highest BCUT2D eigenvalue weighted by molar-refractivity contribution is 7.89. The lowest BCUT2D eigenvalue weighted by molar-refractivity contribution is -0.388. The van der Waals surface area contributed by atoms with Crippen LogP contribution in [0.3, 0.4) is 0 Å². The molecule has 12 heteroatoms. The molecule has 194 valence electrons. The second-order valence-corrected chi connectivity index (χ2v) is 9.82. The lowest BCUT2D eigenvalue weighted by atomic mass is 10.0. The van der Waals surface area contributed by atoms with Crippen molar-refractivity contribution in [3.8, 4) is 5.75 Å². The standard InChI is InChI=1S/C25H24N4O6S.ClH/c1-28-22-11-10-21(16-20(22)9-12-24(28)30)35-15-14-27-36(33,34)23-6-2-5-19(25(23)29(31)32)8-7-18-4-3-13-26-17-18;/h2-6,9-13,16-17,27H,7-8,14-15H2,1H3;1H. The van der Waals surface area contributed by atoms with Crippen LogP contribution in [0.25, 0.3) is 10.9 Å². The molecule has 37 heavy (non-hydrogen) atoms. The van der Waals surface area contributed by atoms with E-state index in [0.29, 0.717) is 24.2 Å². The molecule has 2 aromatic carbocycles. The Kier molecular flexibility index (Phi) is 8.98. The highest BCUT2D eigenvalue weighted by atomic mass is 35.5. The van der Waals surface area contributed by atoms with Gasteiger partial charge in [-0.3, -0.25) is 19.9 Å². The van der Waals surface area contributed by atoms with Crippen LogP contribution in [-0.4, -0.2) is 36.0 Å². The first-order valence-corrected chi connectivity index (χ1v) is 12.6. The number of pyridine rings is 2. The number of nitro groups is 1. The van der Waals surface area contributed by atoms with E-state index in [1.165, 1.54) is 22.8 Å². The van der Waals surface area contributed by atoms with Crippen molar-refractivity contribution < 1.29 is 18.1 Å². The Morgan fingerprint density at radius 3 is 2.62 bits per heavy atom. The van der Waals surface area contributed by atoms with Gasteiger partial charge in [0.2, 0.25) is 10.0 Å². The number of halogens is 1. The maximum atomic E-state index is 12.9. The van der Waals surface area contributed by atoms with E-state index in [-0.39, 0.29) is 36.0 Å². The predicted octanol–water partition coefficient (Wildman–Crippen LogP) is 3.41. The number of nitrogens with zero attached hydrogens (tertiary/aromatic N) is 3. The summed E-state index contributed by atoms with van der Waals surface area (Å²) in [6.45, 7) is -0.0876. The van der Waals surface area contributed by atoms with Crippen LogP contribution in [0.5, 0.6) is 5.75 Å². The zero-order chi connectivity index (χ0) is 25.7. The fraction of sp³-hybridized carbons (Fsp3) is 0.200. The van der Waals surface area contributed by atoms with Gasteiger partial charge in [0.25, 0.3) is 11.2 Å². The van der Waals surface area contributed by atoms with Gasteiger partial charge in [0.05, 0.1) is 10.4 Å². The summed E-state index contributed by atoms with van der Waals surface area (Å²) in [6, 6.07) is 16.2. The second kappa shape index (κ2) is 12.0. The van der Waals surface area contributed by atoms with Crippen molar-refractivity contribution in [2.45, 2.75) is 17.7 Å². The van der Waals surface area contributed by atoms with E-state index in [1.54, 1.807) is 55.8 Å². The highest BCUT2D eigenvalue weighted by Crippen LogP contribution is 2.29. The SMILES string of the molecule is Cl.Cn1c(=O)ccc2cc(OCCNS(=O)(=O)c3cccc(CCc4cccnc4)c3[N+](=O)[O-])ccc21. The number of rotatable bonds is 10. The lowest BCUT2D eigenvalue weighted by Crippen LogP contribution is -2.29. The Balaban J connectivity index is 0.00000380. The fourth-order valence-corrected chi connectivity index (χ4v) is 5.12. The summed E-state index contributed by atoms with van der Waals surface area (Å²) in [5, 5.41) is 12.6. The minimum absolute atomic E-state index is 0. The number of aromatic nitrogens is 2. The molecule has 0 spiro atoms. The van der Waals surface area contributed by atoms with Crippen LogP contribution in [-0.2, 0) is 29.9 Å². The van der Waals surface area contributed by atoms with E-state index in [4.69, 9.17) is 4.74 Å². The van der Waals surface area contributed by atoms with Crippen LogP contribution in [0.15, 0.2) is 82.7 Å². The molecule has 4 aromatic rings. The van der Waals surface area contributed by atoms with Crippen LogP contribution in [0, 0.1) is 10.1 Å². The first-order valence-electron chi connectivity index (χ1n) is 11.1. The van der Waals surface area contributed by atoms with Gasteiger partial charge in [0.15, 0.2) is 4.90 Å². The smallest absolute Gasteiger partial charge is 0.292 e. The number of fused-ring (bicyclic) bond motifs is 1. The molecule has 0 saturated heterocycles. The number of para-hydroxylation sites is 1. The Morgan fingerprint density at radius 1 is 1.08 bits per heavy atom. The maximum Gasteiger partial charge on any atom is 0.292 e. The Bertz CT molecular complexity index is 1580. The third-order valence-corrected chi connectivity index (χ3v) is 7.21. The molecule has 4 rings (SSSR count). The van der Waals surface area contributed by atoms with E-state index in [0.717, 1.165) is 16.5 Å². The molecule has 1 N–H and O–H groups in total. The summed E-state index contributed by atoms with van der Waals surface area (Å²) in [7, 11) is -2.49. The topological polar surface area (TPSA) is 133 Å². The molecular formula is C25H25ClN4O6S. The molecule has 0 fully saturated rings. The normalized spacial score (nSPS) is 11.2. The van der Waals surface area contributed by atoms with E-state index >= 15 is 0 Å². The third-order valence-electron chi connectivity index (χ3n) is 5.72. The van der Waals surface area contributed by atoms with Gasteiger partial charge < -0.3 is 9.30 Å². The second-order valence-electron chi connectivity index (χ2n) is 8.08. The summed E-state index contributed by atoms with van der Waals surface area (Å²) in [4.78, 5) is 26.6. The average Bonchev–Trinajstić information content (AvgIpc) is 2.88. The number of ether oxygens (including phenoxy) is 1. The average molecular weight is 545 g/mol. The van der Waals surface area contributed by atoms with Gasteiger partial charge in [-0.25, -0.2) is 13.1 Å². The summed E-state index contributed by atoms with van der Waals surface area (Å²) in [5.41, 5.74) is 1.40. The molecule has 2 aromatic heterocycles. The van der Waals surface area contributed by atoms with Crippen molar-refractivity contribution in [3.05, 3.63) is 105 Å². The van der Waals surface area contributed by atoms with Crippen molar-refractivity contribution >= 4 is 39.0 Å². The molecule has 0 amide bonds. The van der Waals surface area contributed by atoms with Gasteiger partial charge in [0.1, 0.15) is 12.4 Å². The van der Waals surface area contributed by atoms with Crippen LogP contribution in [0.4, 0.5) is 5.69 Å². The molecule has 10 nitrogen and oxygen atoms in total. The van der Waals surface area contributed by atoms with Gasteiger partial charge in [0, 0.05) is 43.0 Å². The number of aryl methyl sites for hydroxylation is 3. The Morgan fingerprint density at radius 2 is 1.89 bits per heavy atom. The largest absolute Gasteiger partial charge is 0.492 e. The van der Waals surface area contributed by atoms with Crippen molar-refractivity contribution in [1.82, 2.24) is 14.3 Å². The third kappa shape index (κ3) is 6.50. The summed E-state index contributed by atoms with van der Waals surface area (Å²) < 4.78 is 35.4. The van der Waals surface area contributed by atoms with Crippen molar-refractivity contribution in [3.63, 3.8) is 0 Å². The van der Waals surface area contributed by atoms with E-state index in [1.807, 2.05) is 6.07 Å². The summed E-state index contributed by atoms with van der Waals surface area (Å²) >= 11 is 0. The van der Waals surface area contributed by atoms with E-state index < -0.39 is 20.6 Å². The quantitative estimate of drug-likeness (QED) is 0.184. The molecule has 0 atom stereocenters. The number of sulfonamides is 1. The van der Waals surface area contributed by atoms with Gasteiger partial charge >= 0.3 is 0 Å². The zero-order valence-corrected chi connectivity index (χ0v) is 21.5. The summed E-state index contributed by atoms with van der Waals surface area (Å²) in [5.74, 6) is 0.503. The first kappa shape index (κ1) is 27.8. The molecule has 0 bridgehead atoms. The molecule has 0 saturated carbocycles. The van der Waals surface area contributed by atoms with E-state index in [2.05, 4.69) is 9.71 Å². The van der Waals surface area contributed by atoms with Gasteiger partial charge in [-0.2, -0.15) is 0 Å². The van der Waals surface area contributed by atoms with Crippen LogP contribution < -0.4 is 15.0 Å². The molecule has 0 aliphatic heterocycles. The summed E-state index contributed by atoms with van der Waals surface area (Å²) in [6.07, 6.45) is 4.09. The number of nitro benzene ring substituents is 1. The van der Waals surface area contributed by atoms with Gasteiger partial charge in [-0.1, -0.05) is 18.2 Å². The minimum atomic E-state index is -4.16. The number of hydrogen-bond donors (Lipinski definition) is 1. The van der Waals surface area contributed by atoms with Crippen LogP contribution in [0.1, 0.15) is 11.1 Å². The van der Waals surface area contributed by atoms with Crippen LogP contribution >= 0.6 is 12.4 Å². The van der Waals surface area contributed by atoms with Crippen molar-refractivity contribution in [2.24, 2.45) is 7.05 Å². The Hall–Kier alpha value is -3.80. The highest BCUT2D eigenvalue weighted by Gasteiger charge is 2.28. The molecule has 0 radical (unpaired) electrons. The minimum Gasteiger partial charge on any atom is -0.492 e. The van der Waals surface area contributed by atoms with Crippen molar-refractivity contribution in [2.75, 3.05) is 13.2 Å². The molecule has 0 aliphatic rings. The zero-order valence-electron chi connectivity index (χ0n) is 19.9. The first-order chi connectivity index (χ1) is 17.3. The molecular weight excluding hydrogens is 520 g/mol. The van der Waals surface area contributed by atoms with Gasteiger partial charge in [-0.05, 0) is 54.8 Å². The Labute approximate surface area is 219 Å². The van der Waals surface area contributed by atoms with Crippen molar-refractivity contribution in [1.29, 1.82) is 0 Å². The van der Waals surface area contributed by atoms with Gasteiger partial charge in [-0.15, -0.1) is 12.4 Å². The molecule has 0 unspecified atom stereocenters.